The second kappa shape index (κ2) is 8.60. The van der Waals surface area contributed by atoms with E-state index in [1.807, 2.05) is 0 Å². The van der Waals surface area contributed by atoms with Gasteiger partial charge in [-0.3, -0.25) is 0 Å². The Morgan fingerprint density at radius 1 is 0.760 bits per heavy atom. The number of rotatable bonds is 5. The van der Waals surface area contributed by atoms with Crippen LogP contribution in [0, 0.1) is 41.1 Å². The van der Waals surface area contributed by atoms with E-state index in [9.17, 15) is 13.2 Å². The van der Waals surface area contributed by atoms with Crippen LogP contribution >= 0.6 is 0 Å². The standard InChI is InChI=1S/C22H31F3/c1-2-15-5-9-18(10-6-15)19-11-7-16(8-12-19)3-4-17-13-20(23)22(25)21(24)14-17/h13-16,18-19H,2-12H2,1H3. The molecule has 0 radical (unpaired) electrons. The van der Waals surface area contributed by atoms with Crippen molar-refractivity contribution in [2.75, 3.05) is 0 Å². The lowest BCUT2D eigenvalue weighted by molar-refractivity contribution is 0.142. The minimum absolute atomic E-state index is 0.580. The smallest absolute Gasteiger partial charge is 0.194 e. The molecule has 2 saturated carbocycles. The zero-order valence-electron chi connectivity index (χ0n) is 15.4. The first-order valence-electron chi connectivity index (χ1n) is 10.2. The van der Waals surface area contributed by atoms with E-state index in [-0.39, 0.29) is 0 Å². The van der Waals surface area contributed by atoms with Gasteiger partial charge in [0.2, 0.25) is 0 Å². The predicted octanol–water partition coefficient (Wildman–Crippen LogP) is 7.06. The molecule has 1 aromatic rings. The molecule has 3 heteroatoms. The highest BCUT2D eigenvalue weighted by Gasteiger charge is 2.30. The molecule has 25 heavy (non-hydrogen) atoms. The Bertz CT molecular complexity index is 529. The first-order valence-corrected chi connectivity index (χ1v) is 10.2. The Hall–Kier alpha value is -0.990. The van der Waals surface area contributed by atoms with Gasteiger partial charge >= 0.3 is 0 Å². The van der Waals surface area contributed by atoms with Gasteiger partial charge in [0, 0.05) is 0 Å². The van der Waals surface area contributed by atoms with Crippen molar-refractivity contribution in [1.82, 2.24) is 0 Å². The minimum Gasteiger partial charge on any atom is -0.204 e. The van der Waals surface area contributed by atoms with Gasteiger partial charge in [0.15, 0.2) is 17.5 Å². The highest BCUT2D eigenvalue weighted by molar-refractivity contribution is 5.19. The lowest BCUT2D eigenvalue weighted by Crippen LogP contribution is -2.25. The maximum Gasteiger partial charge on any atom is 0.194 e. The Morgan fingerprint density at radius 2 is 1.24 bits per heavy atom. The predicted molar refractivity (Wildman–Crippen MR) is 95.8 cm³/mol. The molecule has 0 heterocycles. The Labute approximate surface area is 150 Å². The fraction of sp³-hybridized carbons (Fsp3) is 0.727. The van der Waals surface area contributed by atoms with E-state index in [4.69, 9.17) is 0 Å². The molecule has 0 bridgehead atoms. The summed E-state index contributed by atoms with van der Waals surface area (Å²) in [6, 6.07) is 2.30. The average Bonchev–Trinajstić information content (AvgIpc) is 2.65. The van der Waals surface area contributed by atoms with Crippen LogP contribution < -0.4 is 0 Å². The van der Waals surface area contributed by atoms with Gasteiger partial charge in [-0.15, -0.1) is 0 Å². The number of aryl methyl sites for hydroxylation is 1. The van der Waals surface area contributed by atoms with Crippen molar-refractivity contribution in [2.45, 2.75) is 77.6 Å². The number of hydrogen-bond acceptors (Lipinski definition) is 0. The lowest BCUT2D eigenvalue weighted by atomic mass is 9.68. The van der Waals surface area contributed by atoms with E-state index in [2.05, 4.69) is 6.92 Å². The van der Waals surface area contributed by atoms with E-state index in [0.29, 0.717) is 17.9 Å². The SMILES string of the molecule is CCC1CCC(C2CCC(CCc3cc(F)c(F)c(F)c3)CC2)CC1. The number of hydrogen-bond donors (Lipinski definition) is 0. The molecule has 0 spiro atoms. The van der Waals surface area contributed by atoms with Gasteiger partial charge in [-0.25, -0.2) is 13.2 Å². The first-order chi connectivity index (χ1) is 12.1. The molecule has 0 aliphatic heterocycles. The van der Waals surface area contributed by atoms with E-state index in [1.165, 1.54) is 57.8 Å². The second-order valence-electron chi connectivity index (χ2n) is 8.38. The monoisotopic (exact) mass is 352 g/mol. The highest BCUT2D eigenvalue weighted by Crippen LogP contribution is 2.42. The van der Waals surface area contributed by atoms with Crippen molar-refractivity contribution in [3.8, 4) is 0 Å². The highest BCUT2D eigenvalue weighted by atomic mass is 19.2. The van der Waals surface area contributed by atoms with Crippen LogP contribution in [0.5, 0.6) is 0 Å². The summed E-state index contributed by atoms with van der Waals surface area (Å²) in [7, 11) is 0. The summed E-state index contributed by atoms with van der Waals surface area (Å²) in [6.07, 6.45) is 13.7. The van der Waals surface area contributed by atoms with Gasteiger partial charge in [-0.1, -0.05) is 39.0 Å². The Kier molecular flexibility index (Phi) is 6.46. The van der Waals surface area contributed by atoms with Crippen molar-refractivity contribution < 1.29 is 13.2 Å². The van der Waals surface area contributed by atoms with E-state index in [0.717, 1.165) is 36.3 Å². The maximum absolute atomic E-state index is 13.3. The second-order valence-corrected chi connectivity index (χ2v) is 8.38. The van der Waals surface area contributed by atoms with Crippen molar-refractivity contribution in [2.24, 2.45) is 23.7 Å². The summed E-state index contributed by atoms with van der Waals surface area (Å²) in [5.74, 6) is -0.0489. The van der Waals surface area contributed by atoms with Crippen LogP contribution in [0.4, 0.5) is 13.2 Å². The summed E-state index contributed by atoms with van der Waals surface area (Å²) >= 11 is 0. The molecular weight excluding hydrogens is 321 g/mol. The third-order valence-electron chi connectivity index (χ3n) is 6.91. The normalized spacial score (nSPS) is 30.4. The molecule has 0 nitrogen and oxygen atoms in total. The van der Waals surface area contributed by atoms with Crippen molar-refractivity contribution in [3.63, 3.8) is 0 Å². The Morgan fingerprint density at radius 3 is 1.72 bits per heavy atom. The first kappa shape index (κ1) is 18.8. The third-order valence-corrected chi connectivity index (χ3v) is 6.91. The molecule has 140 valence electrons. The molecule has 0 saturated heterocycles. The van der Waals surface area contributed by atoms with Crippen LogP contribution in [0.2, 0.25) is 0 Å². The molecule has 3 rings (SSSR count). The van der Waals surface area contributed by atoms with Gasteiger partial charge in [0.25, 0.3) is 0 Å². The van der Waals surface area contributed by atoms with E-state index < -0.39 is 17.5 Å². The summed E-state index contributed by atoms with van der Waals surface area (Å²) in [5.41, 5.74) is 0.580. The average molecular weight is 352 g/mol. The zero-order chi connectivity index (χ0) is 17.8. The summed E-state index contributed by atoms with van der Waals surface area (Å²) in [4.78, 5) is 0. The van der Waals surface area contributed by atoms with Crippen LogP contribution in [-0.2, 0) is 6.42 Å². The summed E-state index contributed by atoms with van der Waals surface area (Å²) in [5, 5.41) is 0. The fourth-order valence-corrected chi connectivity index (χ4v) is 5.14. The molecular formula is C22H31F3. The molecule has 0 amide bonds. The number of halogens is 3. The molecule has 2 aliphatic rings. The van der Waals surface area contributed by atoms with Crippen LogP contribution in [0.3, 0.4) is 0 Å². The molecule has 0 N–H and O–H groups in total. The van der Waals surface area contributed by atoms with Crippen LogP contribution in [0.25, 0.3) is 0 Å². The lowest BCUT2D eigenvalue weighted by Gasteiger charge is -2.37. The van der Waals surface area contributed by atoms with Crippen molar-refractivity contribution in [1.29, 1.82) is 0 Å². The largest absolute Gasteiger partial charge is 0.204 e. The van der Waals surface area contributed by atoms with Crippen LogP contribution in [0.15, 0.2) is 12.1 Å². The van der Waals surface area contributed by atoms with Crippen molar-refractivity contribution >= 4 is 0 Å². The molecule has 0 unspecified atom stereocenters. The van der Waals surface area contributed by atoms with Crippen molar-refractivity contribution in [3.05, 3.63) is 35.1 Å². The summed E-state index contributed by atoms with van der Waals surface area (Å²) in [6.45, 7) is 2.31. The Balaban J connectivity index is 1.42. The molecule has 2 aliphatic carbocycles. The molecule has 2 fully saturated rings. The number of benzene rings is 1. The van der Waals surface area contributed by atoms with Gasteiger partial charge in [-0.05, 0) is 79.9 Å². The maximum atomic E-state index is 13.3. The van der Waals surface area contributed by atoms with Crippen LogP contribution in [-0.4, -0.2) is 0 Å². The van der Waals surface area contributed by atoms with Gasteiger partial charge in [0.05, 0.1) is 0 Å². The molecule has 1 aromatic carbocycles. The van der Waals surface area contributed by atoms with E-state index >= 15 is 0 Å². The van der Waals surface area contributed by atoms with Crippen LogP contribution in [0.1, 0.15) is 76.7 Å². The third kappa shape index (κ3) is 4.80. The zero-order valence-corrected chi connectivity index (χ0v) is 15.4. The van der Waals surface area contributed by atoms with E-state index in [1.54, 1.807) is 0 Å². The quantitative estimate of drug-likeness (QED) is 0.498. The fourth-order valence-electron chi connectivity index (χ4n) is 5.14. The minimum atomic E-state index is -1.36. The van der Waals surface area contributed by atoms with Gasteiger partial charge in [0.1, 0.15) is 0 Å². The topological polar surface area (TPSA) is 0 Å². The van der Waals surface area contributed by atoms with Gasteiger partial charge < -0.3 is 0 Å². The summed E-state index contributed by atoms with van der Waals surface area (Å²) < 4.78 is 39.6. The molecule has 0 aromatic heterocycles. The van der Waals surface area contributed by atoms with Gasteiger partial charge in [-0.2, -0.15) is 0 Å². The molecule has 0 atom stereocenters.